The fourth-order valence-corrected chi connectivity index (χ4v) is 2.78. The van der Waals surface area contributed by atoms with E-state index in [0.717, 1.165) is 19.3 Å². The van der Waals surface area contributed by atoms with Crippen molar-refractivity contribution in [1.29, 1.82) is 0 Å². The highest BCUT2D eigenvalue weighted by Crippen LogP contribution is 2.43. The normalized spacial score (nSPS) is 15.7. The van der Waals surface area contributed by atoms with Crippen LogP contribution in [0.1, 0.15) is 58.3 Å². The van der Waals surface area contributed by atoms with E-state index in [1.54, 1.807) is 0 Å². The number of unbranched alkanes of at least 4 members (excludes halogenated alkanes) is 6. The molecule has 0 aliphatic heterocycles. The first-order valence-corrected chi connectivity index (χ1v) is 10.6. The van der Waals surface area contributed by atoms with E-state index < -0.39 is 45.1 Å². The maximum absolute atomic E-state index is 11.6. The summed E-state index contributed by atoms with van der Waals surface area (Å²) in [4.78, 5) is 31.4. The number of carbonyl (C=O) groups is 2. The van der Waals surface area contributed by atoms with E-state index in [1.165, 1.54) is 19.3 Å². The number of phosphoric ester groups is 1. The summed E-state index contributed by atoms with van der Waals surface area (Å²) in [6.45, 7) is 0.411. The van der Waals surface area contributed by atoms with Crippen LogP contribution in [0.25, 0.3) is 0 Å². The molecule has 0 heterocycles. The van der Waals surface area contributed by atoms with E-state index in [2.05, 4.69) is 16.0 Å². The van der Waals surface area contributed by atoms with Gasteiger partial charge in [-0.15, -0.1) is 0 Å². The standard InChI is InChI=1S/C16H32NO9P/c1-2-3-4-5-6-7-8-9-15(19)24-10-13(18)11-25-27(22,23)26-12-14(17)16(20)21/h13-14,18H,2-12,17H2,1H3,(H,20,21)(H,22,23)/t13-,14?/m1/s1. The zero-order valence-electron chi connectivity index (χ0n) is 15.7. The Balaban J connectivity index is 3.79. The van der Waals surface area contributed by atoms with E-state index >= 15 is 0 Å². The van der Waals surface area contributed by atoms with Crippen LogP contribution >= 0.6 is 7.82 Å². The van der Waals surface area contributed by atoms with Crippen molar-refractivity contribution in [2.24, 2.45) is 5.73 Å². The Hall–Kier alpha value is -1.03. The highest BCUT2D eigenvalue weighted by atomic mass is 31.2. The van der Waals surface area contributed by atoms with Gasteiger partial charge in [0.05, 0.1) is 13.2 Å². The predicted octanol–water partition coefficient (Wildman–Crippen LogP) is 1.58. The van der Waals surface area contributed by atoms with Crippen LogP contribution in [0.5, 0.6) is 0 Å². The van der Waals surface area contributed by atoms with Crippen molar-refractivity contribution >= 4 is 19.8 Å². The topological polar surface area (TPSA) is 166 Å². The number of ether oxygens (including phenoxy) is 1. The quantitative estimate of drug-likeness (QED) is 0.156. The minimum atomic E-state index is -4.56. The third kappa shape index (κ3) is 15.7. The van der Waals surface area contributed by atoms with Gasteiger partial charge < -0.3 is 25.6 Å². The molecule has 0 aromatic heterocycles. The van der Waals surface area contributed by atoms with Crippen molar-refractivity contribution in [3.05, 3.63) is 0 Å². The number of rotatable bonds is 17. The number of carboxylic acids is 1. The van der Waals surface area contributed by atoms with Crippen LogP contribution in [-0.4, -0.2) is 59.0 Å². The van der Waals surface area contributed by atoms with Crippen molar-refractivity contribution in [2.45, 2.75) is 70.4 Å². The third-order valence-corrected chi connectivity index (χ3v) is 4.54. The lowest BCUT2D eigenvalue weighted by atomic mass is 10.1. The maximum Gasteiger partial charge on any atom is 0.472 e. The van der Waals surface area contributed by atoms with Gasteiger partial charge in [-0.1, -0.05) is 45.4 Å². The van der Waals surface area contributed by atoms with Crippen LogP contribution in [0, 0.1) is 0 Å². The van der Waals surface area contributed by atoms with Gasteiger partial charge in [-0.05, 0) is 6.42 Å². The first-order chi connectivity index (χ1) is 12.7. The van der Waals surface area contributed by atoms with E-state index in [9.17, 15) is 24.2 Å². The average molecular weight is 413 g/mol. The van der Waals surface area contributed by atoms with Gasteiger partial charge in [-0.25, -0.2) is 4.57 Å². The minimum absolute atomic E-state index is 0.246. The molecular formula is C16H32NO9P. The molecule has 0 saturated carbocycles. The fourth-order valence-electron chi connectivity index (χ4n) is 2.00. The van der Waals surface area contributed by atoms with Gasteiger partial charge in [-0.2, -0.15) is 0 Å². The van der Waals surface area contributed by atoms with Crippen LogP contribution in [-0.2, 0) is 27.9 Å². The molecule has 3 atom stereocenters. The van der Waals surface area contributed by atoms with Gasteiger partial charge in [0.25, 0.3) is 0 Å². The smallest absolute Gasteiger partial charge is 0.472 e. The molecule has 0 aliphatic rings. The lowest BCUT2D eigenvalue weighted by molar-refractivity contribution is -0.147. The molecule has 0 saturated heterocycles. The molecule has 0 rings (SSSR count). The lowest BCUT2D eigenvalue weighted by Crippen LogP contribution is -2.34. The minimum Gasteiger partial charge on any atom is -0.480 e. The van der Waals surface area contributed by atoms with E-state index in [1.807, 2.05) is 0 Å². The summed E-state index contributed by atoms with van der Waals surface area (Å²) >= 11 is 0. The Morgan fingerprint density at radius 3 is 2.15 bits per heavy atom. The molecule has 0 aromatic rings. The predicted molar refractivity (Wildman–Crippen MR) is 96.9 cm³/mol. The van der Waals surface area contributed by atoms with Crippen molar-refractivity contribution in [1.82, 2.24) is 0 Å². The van der Waals surface area contributed by atoms with E-state index in [0.29, 0.717) is 6.42 Å². The fraction of sp³-hybridized carbons (Fsp3) is 0.875. The Bertz CT molecular complexity index is 475. The molecule has 10 nitrogen and oxygen atoms in total. The number of hydrogen-bond acceptors (Lipinski definition) is 8. The number of carboxylic acid groups (broad SMARTS) is 1. The summed E-state index contributed by atoms with van der Waals surface area (Å²) in [6, 6.07) is -1.48. The van der Waals surface area contributed by atoms with Gasteiger partial charge in [0.1, 0.15) is 18.8 Å². The lowest BCUT2D eigenvalue weighted by Gasteiger charge is -2.16. The van der Waals surface area contributed by atoms with Crippen molar-refractivity contribution in [2.75, 3.05) is 19.8 Å². The van der Waals surface area contributed by atoms with Gasteiger partial charge in [0, 0.05) is 6.42 Å². The largest absolute Gasteiger partial charge is 0.480 e. The van der Waals surface area contributed by atoms with Crippen LogP contribution in [0.4, 0.5) is 0 Å². The first kappa shape index (κ1) is 26.0. The SMILES string of the molecule is CCCCCCCCCC(=O)OC[C@@H](O)COP(=O)(O)OCC(N)C(=O)O. The molecule has 0 aromatic carbocycles. The van der Waals surface area contributed by atoms with Crippen LogP contribution < -0.4 is 5.73 Å². The molecule has 0 radical (unpaired) electrons. The second-order valence-corrected chi connectivity index (χ2v) is 7.67. The molecule has 160 valence electrons. The number of hydrogen-bond donors (Lipinski definition) is 4. The Kier molecular flexibility index (Phi) is 14.4. The van der Waals surface area contributed by atoms with Crippen molar-refractivity contribution < 1.29 is 43.0 Å². The van der Waals surface area contributed by atoms with E-state index in [-0.39, 0.29) is 13.0 Å². The molecule has 0 spiro atoms. The summed E-state index contributed by atoms with van der Waals surface area (Å²) in [5.74, 6) is -1.86. The number of aliphatic hydroxyl groups is 1. The van der Waals surface area contributed by atoms with Crippen LogP contribution in [0.3, 0.4) is 0 Å². The monoisotopic (exact) mass is 413 g/mol. The van der Waals surface area contributed by atoms with E-state index in [4.69, 9.17) is 15.6 Å². The number of esters is 1. The summed E-state index contributed by atoms with van der Waals surface area (Å²) in [6.07, 6.45) is 6.41. The number of carbonyl (C=O) groups excluding carboxylic acids is 1. The van der Waals surface area contributed by atoms with Crippen molar-refractivity contribution in [3.8, 4) is 0 Å². The zero-order valence-corrected chi connectivity index (χ0v) is 16.6. The summed E-state index contributed by atoms with van der Waals surface area (Å²) < 4.78 is 25.3. The Labute approximate surface area is 159 Å². The summed E-state index contributed by atoms with van der Waals surface area (Å²) in [7, 11) is -4.56. The maximum atomic E-state index is 11.6. The molecule has 2 unspecified atom stereocenters. The van der Waals surface area contributed by atoms with Gasteiger partial charge in [0.15, 0.2) is 0 Å². The molecule has 5 N–H and O–H groups in total. The molecule has 27 heavy (non-hydrogen) atoms. The highest BCUT2D eigenvalue weighted by molar-refractivity contribution is 7.47. The summed E-state index contributed by atoms with van der Waals surface area (Å²) in [5, 5.41) is 18.1. The highest BCUT2D eigenvalue weighted by Gasteiger charge is 2.26. The zero-order chi connectivity index (χ0) is 20.7. The van der Waals surface area contributed by atoms with Crippen LogP contribution in [0.15, 0.2) is 0 Å². The first-order valence-electron chi connectivity index (χ1n) is 9.12. The van der Waals surface area contributed by atoms with Gasteiger partial charge >= 0.3 is 19.8 Å². The average Bonchev–Trinajstić information content (AvgIpc) is 2.62. The summed E-state index contributed by atoms with van der Waals surface area (Å²) in [5.41, 5.74) is 5.12. The molecule has 0 fully saturated rings. The number of aliphatic hydroxyl groups excluding tert-OH is 1. The number of phosphoric acid groups is 1. The second-order valence-electron chi connectivity index (χ2n) is 6.21. The Morgan fingerprint density at radius 1 is 1.00 bits per heavy atom. The van der Waals surface area contributed by atoms with Crippen molar-refractivity contribution in [3.63, 3.8) is 0 Å². The number of nitrogens with two attached hydrogens (primary N) is 1. The molecule has 0 bridgehead atoms. The van der Waals surface area contributed by atoms with Gasteiger partial charge in [0.2, 0.25) is 0 Å². The van der Waals surface area contributed by atoms with Gasteiger partial charge in [-0.3, -0.25) is 18.6 Å². The Morgan fingerprint density at radius 2 is 1.56 bits per heavy atom. The molecule has 0 amide bonds. The third-order valence-electron chi connectivity index (χ3n) is 3.59. The molecule has 11 heteroatoms. The molecular weight excluding hydrogens is 381 g/mol. The van der Waals surface area contributed by atoms with Crippen LogP contribution in [0.2, 0.25) is 0 Å². The second kappa shape index (κ2) is 15.0. The number of aliphatic carboxylic acids is 1. The molecule has 0 aliphatic carbocycles.